The molecule has 1 aliphatic heterocycles. The second-order valence-corrected chi connectivity index (χ2v) is 22.6. The third kappa shape index (κ3) is 10.4. The SMILES string of the molecule is CC[C@H]1OC(=O)[C@H](C)[C@@H](O)[C@H](C)[C@@H](O)[C@](C)(O)C[C@@H](C)CN(CCCCCCNCCC(=O)O[C@]2(C(=O)OC)[C@H](C)CC3C4CC(F)=C5CC(=O)C=C[C@]5(C)[C@@]4(F)[C@@H](O)C[C@@]32C)[C@H](C)[C@@H](O)[C@]1(C)O. The van der Waals surface area contributed by atoms with E-state index in [4.69, 9.17) is 14.2 Å². The number of rotatable bonds is 13. The Morgan fingerprint density at radius 3 is 2.22 bits per heavy atom. The molecule has 18 atom stereocenters. The summed E-state index contributed by atoms with van der Waals surface area (Å²) in [4.78, 5) is 55.1. The number of nitrogens with one attached hydrogen (secondary N) is 1. The van der Waals surface area contributed by atoms with Gasteiger partial charge in [-0.2, -0.15) is 0 Å². The van der Waals surface area contributed by atoms with E-state index < -0.39 is 123 Å². The van der Waals surface area contributed by atoms with Gasteiger partial charge >= 0.3 is 17.9 Å². The van der Waals surface area contributed by atoms with Crippen molar-refractivity contribution in [1.82, 2.24) is 10.2 Å². The predicted octanol–water partition coefficient (Wildman–Crippen LogP) is 4.80. The summed E-state index contributed by atoms with van der Waals surface area (Å²) in [6, 6.07) is -0.607. The van der Waals surface area contributed by atoms with Crippen molar-refractivity contribution in [2.45, 2.75) is 199 Å². The third-order valence-corrected chi connectivity index (χ3v) is 17.8. The van der Waals surface area contributed by atoms with Crippen molar-refractivity contribution in [3.05, 3.63) is 23.6 Å². The molecule has 3 fully saturated rings. The summed E-state index contributed by atoms with van der Waals surface area (Å²) in [5.74, 6) is -7.78. The van der Waals surface area contributed by atoms with Crippen LogP contribution in [0.25, 0.3) is 0 Å². The maximum Gasteiger partial charge on any atom is 0.351 e. The van der Waals surface area contributed by atoms with Crippen LogP contribution in [-0.2, 0) is 33.4 Å². The number of hydrogen-bond donors (Lipinski definition) is 7. The molecule has 15 nitrogen and oxygen atoms in total. The summed E-state index contributed by atoms with van der Waals surface area (Å²) in [6.45, 7) is 18.1. The number of esters is 3. The average molecular weight is 983 g/mol. The highest BCUT2D eigenvalue weighted by Gasteiger charge is 2.78. The Morgan fingerprint density at radius 2 is 1.58 bits per heavy atom. The monoisotopic (exact) mass is 983 g/mol. The predicted molar refractivity (Wildman–Crippen MR) is 252 cm³/mol. The lowest BCUT2D eigenvalue weighted by atomic mass is 9.45. The molecule has 5 rings (SSSR count). The highest BCUT2D eigenvalue weighted by molar-refractivity contribution is 5.93. The number of alkyl halides is 1. The Kier molecular flexibility index (Phi) is 17.9. The minimum Gasteiger partial charge on any atom is -0.466 e. The second-order valence-electron chi connectivity index (χ2n) is 22.6. The number of halogens is 2. The lowest BCUT2D eigenvalue weighted by Gasteiger charge is -2.62. The van der Waals surface area contributed by atoms with E-state index in [0.717, 1.165) is 25.7 Å². The molecule has 2 saturated carbocycles. The van der Waals surface area contributed by atoms with E-state index >= 15 is 8.78 Å². The number of aliphatic hydroxyl groups excluding tert-OH is 4. The molecule has 4 aliphatic carbocycles. The van der Waals surface area contributed by atoms with Crippen molar-refractivity contribution in [2.24, 2.45) is 46.3 Å². The van der Waals surface area contributed by atoms with E-state index in [1.807, 2.05) is 11.8 Å². The lowest BCUT2D eigenvalue weighted by Crippen LogP contribution is -2.70. The topological polar surface area (TPSA) is 233 Å². The van der Waals surface area contributed by atoms with E-state index in [9.17, 15) is 49.8 Å². The van der Waals surface area contributed by atoms with Crippen LogP contribution in [0.1, 0.15) is 140 Å². The summed E-state index contributed by atoms with van der Waals surface area (Å²) >= 11 is 0. The number of unbranched alkanes of at least 4 members (excludes halogenated alkanes) is 3. The molecule has 0 aromatic heterocycles. The third-order valence-electron chi connectivity index (χ3n) is 17.8. The first-order chi connectivity index (χ1) is 32.0. The van der Waals surface area contributed by atoms with E-state index in [0.29, 0.717) is 19.6 Å². The van der Waals surface area contributed by atoms with Crippen molar-refractivity contribution in [3.8, 4) is 0 Å². The van der Waals surface area contributed by atoms with Gasteiger partial charge in [0.15, 0.2) is 11.5 Å². The first-order valence-electron chi connectivity index (χ1n) is 25.4. The molecule has 5 aliphatic rings. The van der Waals surface area contributed by atoms with Gasteiger partial charge in [-0.25, -0.2) is 13.6 Å². The van der Waals surface area contributed by atoms with Crippen LogP contribution in [0.3, 0.4) is 0 Å². The second kappa shape index (κ2) is 21.7. The fourth-order valence-corrected chi connectivity index (χ4v) is 13.6. The molecule has 69 heavy (non-hydrogen) atoms. The summed E-state index contributed by atoms with van der Waals surface area (Å²) in [7, 11) is 1.19. The van der Waals surface area contributed by atoms with Crippen LogP contribution in [0, 0.1) is 46.3 Å². The van der Waals surface area contributed by atoms with E-state index in [2.05, 4.69) is 5.32 Å². The Hall–Kier alpha value is -2.90. The number of hydrogen-bond acceptors (Lipinski definition) is 15. The zero-order chi connectivity index (χ0) is 51.8. The zero-order valence-electron chi connectivity index (χ0n) is 42.9. The number of methoxy groups -OCH3 is 1. The van der Waals surface area contributed by atoms with Crippen molar-refractivity contribution in [2.75, 3.05) is 33.3 Å². The molecule has 2 unspecified atom stereocenters. The van der Waals surface area contributed by atoms with Gasteiger partial charge in [0.2, 0.25) is 5.60 Å². The van der Waals surface area contributed by atoms with Crippen molar-refractivity contribution >= 4 is 23.7 Å². The molecular weight excluding hydrogens is 899 g/mol. The van der Waals surface area contributed by atoms with Crippen LogP contribution in [0.5, 0.6) is 0 Å². The minimum atomic E-state index is -2.35. The van der Waals surface area contributed by atoms with Gasteiger partial charge in [0.25, 0.3) is 0 Å². The van der Waals surface area contributed by atoms with Gasteiger partial charge in [0, 0.05) is 60.6 Å². The van der Waals surface area contributed by atoms with Crippen molar-refractivity contribution in [1.29, 1.82) is 0 Å². The molecule has 7 N–H and O–H groups in total. The number of fused-ring (bicyclic) bond motifs is 5. The van der Waals surface area contributed by atoms with E-state index in [1.165, 1.54) is 47.0 Å². The van der Waals surface area contributed by atoms with Crippen LogP contribution in [0.2, 0.25) is 0 Å². The van der Waals surface area contributed by atoms with Crippen LogP contribution >= 0.6 is 0 Å². The number of cyclic esters (lactones) is 1. The van der Waals surface area contributed by atoms with Crippen molar-refractivity contribution < 1.29 is 72.8 Å². The molecule has 1 saturated heterocycles. The van der Waals surface area contributed by atoms with Crippen LogP contribution in [0.4, 0.5) is 8.78 Å². The van der Waals surface area contributed by atoms with Gasteiger partial charge in [-0.3, -0.25) is 19.3 Å². The molecule has 0 bridgehead atoms. The smallest absolute Gasteiger partial charge is 0.351 e. The van der Waals surface area contributed by atoms with Crippen LogP contribution < -0.4 is 5.32 Å². The molecule has 394 valence electrons. The zero-order valence-corrected chi connectivity index (χ0v) is 42.9. The van der Waals surface area contributed by atoms with Gasteiger partial charge in [-0.15, -0.1) is 0 Å². The Balaban J connectivity index is 1.17. The van der Waals surface area contributed by atoms with Gasteiger partial charge in [0.05, 0.1) is 43.4 Å². The molecule has 0 aromatic rings. The summed E-state index contributed by atoms with van der Waals surface area (Å²) in [6.07, 6.45) is -1.54. The first kappa shape index (κ1) is 57.0. The van der Waals surface area contributed by atoms with Crippen LogP contribution in [-0.4, -0.2) is 152 Å². The Morgan fingerprint density at radius 1 is 0.928 bits per heavy atom. The largest absolute Gasteiger partial charge is 0.466 e. The van der Waals surface area contributed by atoms with Crippen LogP contribution in [0.15, 0.2) is 23.6 Å². The molecule has 17 heteroatoms. The minimum absolute atomic E-state index is 0.0392. The number of carbonyl (C=O) groups is 4. The molecule has 0 amide bonds. The summed E-state index contributed by atoms with van der Waals surface area (Å²) in [5, 5.41) is 72.2. The van der Waals surface area contributed by atoms with Gasteiger partial charge in [-0.1, -0.05) is 53.5 Å². The summed E-state index contributed by atoms with van der Waals surface area (Å²) in [5.41, 5.74) is -10.5. The maximum absolute atomic E-state index is 17.8. The summed E-state index contributed by atoms with van der Waals surface area (Å²) < 4.78 is 50.9. The first-order valence-corrected chi connectivity index (χ1v) is 25.4. The molecular formula is C52H84F2N2O13. The van der Waals surface area contributed by atoms with Gasteiger partial charge in [-0.05, 0) is 110 Å². The molecule has 0 aromatic carbocycles. The number of aliphatic hydroxyl groups is 6. The molecule has 1 heterocycles. The van der Waals surface area contributed by atoms with E-state index in [-0.39, 0.29) is 68.8 Å². The van der Waals surface area contributed by atoms with Gasteiger partial charge in [0.1, 0.15) is 23.6 Å². The van der Waals surface area contributed by atoms with Crippen molar-refractivity contribution in [3.63, 3.8) is 0 Å². The molecule has 0 spiro atoms. The van der Waals surface area contributed by atoms with E-state index in [1.54, 1.807) is 34.6 Å². The fraction of sp³-hybridized carbons (Fsp3) is 0.846. The number of carbonyl (C=O) groups excluding carboxylic acids is 4. The lowest BCUT2D eigenvalue weighted by molar-refractivity contribution is -0.234. The number of ether oxygens (including phenoxy) is 3. The Bertz CT molecular complexity index is 1930. The number of allylic oxidation sites excluding steroid dienone is 4. The highest BCUT2D eigenvalue weighted by atomic mass is 19.1. The normalized spacial score (nSPS) is 44.6. The standard InChI is InChI=1S/C52H84F2N2O13/c1-12-40-50(10,66)44(62)33(6)56(28-29(2)26-49(9,65)43(61)31(4)42(60)32(5)45(63)68-40)22-16-14-13-15-20-55-21-18-41(59)69-52(46(64)67-11)30(3)23-35-36-25-38(53)37-24-34(57)17-19-47(37,7)51(36,54)39(58)27-48(35,52)8/h17,19,29-33,35-36,39-40,42-44,55,58,60-62,65-66H,12-16,18,20-28H2,1-11H3/t29-,30-,31+,32-,33-,35?,36?,39+,40-,42+,43-,44-,47+,48+,49-,50-,51+,52+/m1/s1. The van der Waals surface area contributed by atoms with Gasteiger partial charge < -0.3 is 50.2 Å². The number of nitrogens with zero attached hydrogens (tertiary/aromatic N) is 1. The average Bonchev–Trinajstić information content (AvgIpc) is 3.50. The fourth-order valence-electron chi connectivity index (χ4n) is 13.6. The highest BCUT2D eigenvalue weighted by Crippen LogP contribution is 2.72. The maximum atomic E-state index is 17.8. The molecule has 0 radical (unpaired) electrons. The Labute approximate surface area is 407 Å². The quantitative estimate of drug-likeness (QED) is 0.0747. The number of ketones is 1.